The molecule has 164 valence electrons. The van der Waals surface area contributed by atoms with Crippen LogP contribution in [0.3, 0.4) is 0 Å². The van der Waals surface area contributed by atoms with Crippen LogP contribution in [-0.4, -0.2) is 79.7 Å². The van der Waals surface area contributed by atoms with Crippen LogP contribution in [0, 0.1) is 18.6 Å². The summed E-state index contributed by atoms with van der Waals surface area (Å²) in [6, 6.07) is 5.46. The molecular formula is C21H30F2N6O. The Bertz CT molecular complexity index is 841. The lowest BCUT2D eigenvalue weighted by molar-refractivity contribution is 0.168. The molecule has 0 radical (unpaired) electrons. The molecule has 1 fully saturated rings. The number of nitrogens with one attached hydrogen (secondary N) is 1. The number of hydrogen-bond donors (Lipinski definition) is 1. The molecular weight excluding hydrogens is 390 g/mol. The van der Waals surface area contributed by atoms with Gasteiger partial charge in [-0.2, -0.15) is 0 Å². The van der Waals surface area contributed by atoms with Gasteiger partial charge in [-0.25, -0.2) is 8.78 Å². The Balaban J connectivity index is 1.57. The van der Waals surface area contributed by atoms with Crippen LogP contribution in [0.5, 0.6) is 0 Å². The van der Waals surface area contributed by atoms with Crippen LogP contribution in [0.15, 0.2) is 33.8 Å². The van der Waals surface area contributed by atoms with E-state index in [0.717, 1.165) is 50.1 Å². The van der Waals surface area contributed by atoms with Crippen molar-refractivity contribution in [1.82, 2.24) is 25.2 Å². The number of aryl methyl sites for hydroxylation is 1. The summed E-state index contributed by atoms with van der Waals surface area (Å²) >= 11 is 0. The number of likely N-dealkylation sites (N-methyl/N-ethyl adjacent to an activating group) is 1. The van der Waals surface area contributed by atoms with Crippen LogP contribution in [-0.2, 0) is 6.54 Å². The minimum atomic E-state index is -0.540. The first-order valence-electron chi connectivity index (χ1n) is 10.1. The van der Waals surface area contributed by atoms with E-state index < -0.39 is 17.7 Å². The molecule has 1 unspecified atom stereocenters. The molecule has 1 atom stereocenters. The topological polar surface area (TPSA) is 60.1 Å². The summed E-state index contributed by atoms with van der Waals surface area (Å²) in [5.41, 5.74) is 1.00. The van der Waals surface area contributed by atoms with Crippen LogP contribution in [0.4, 0.5) is 8.78 Å². The number of aromatic nitrogens is 1. The average Bonchev–Trinajstić information content (AvgIpc) is 3.12. The van der Waals surface area contributed by atoms with Gasteiger partial charge >= 0.3 is 0 Å². The van der Waals surface area contributed by atoms with Crippen molar-refractivity contribution in [3.05, 3.63) is 52.9 Å². The van der Waals surface area contributed by atoms with E-state index in [4.69, 9.17) is 4.52 Å². The van der Waals surface area contributed by atoms with Gasteiger partial charge < -0.3 is 19.6 Å². The minimum absolute atomic E-state index is 0.0678. The zero-order chi connectivity index (χ0) is 21.7. The molecule has 0 bridgehead atoms. The van der Waals surface area contributed by atoms with Crippen LogP contribution in [0.1, 0.15) is 23.1 Å². The fourth-order valence-corrected chi connectivity index (χ4v) is 3.73. The minimum Gasteiger partial charge on any atom is -0.361 e. The zero-order valence-corrected chi connectivity index (χ0v) is 18.0. The normalized spacial score (nSPS) is 16.9. The number of nitrogens with zero attached hydrogens (tertiary/aromatic N) is 5. The third-order valence-electron chi connectivity index (χ3n) is 5.36. The molecule has 1 aliphatic heterocycles. The van der Waals surface area contributed by atoms with Gasteiger partial charge in [0.25, 0.3) is 0 Å². The predicted octanol–water partition coefficient (Wildman–Crippen LogP) is 2.26. The Kier molecular flexibility index (Phi) is 7.38. The number of rotatable bonds is 6. The first-order chi connectivity index (χ1) is 14.4. The molecule has 3 rings (SSSR count). The second-order valence-corrected chi connectivity index (χ2v) is 7.73. The van der Waals surface area contributed by atoms with Crippen molar-refractivity contribution in [2.24, 2.45) is 4.99 Å². The van der Waals surface area contributed by atoms with E-state index in [2.05, 4.69) is 25.3 Å². The Hall–Kier alpha value is -2.52. The van der Waals surface area contributed by atoms with Crippen molar-refractivity contribution in [2.75, 3.05) is 53.9 Å². The van der Waals surface area contributed by atoms with Crippen molar-refractivity contribution >= 4 is 5.96 Å². The molecule has 0 aliphatic carbocycles. The maximum absolute atomic E-state index is 14.3. The van der Waals surface area contributed by atoms with E-state index in [9.17, 15) is 8.78 Å². The Labute approximate surface area is 176 Å². The van der Waals surface area contributed by atoms with E-state index in [0.29, 0.717) is 6.54 Å². The largest absolute Gasteiger partial charge is 0.361 e. The Morgan fingerprint density at radius 1 is 1.23 bits per heavy atom. The van der Waals surface area contributed by atoms with Gasteiger partial charge in [0.2, 0.25) is 0 Å². The van der Waals surface area contributed by atoms with E-state index in [1.807, 2.05) is 27.1 Å². The van der Waals surface area contributed by atoms with Gasteiger partial charge in [-0.1, -0.05) is 11.2 Å². The molecule has 1 N–H and O–H groups in total. The number of aliphatic imine (C=N–C) groups is 1. The summed E-state index contributed by atoms with van der Waals surface area (Å²) in [6.45, 7) is 6.33. The lowest BCUT2D eigenvalue weighted by atomic mass is 10.0. The lowest BCUT2D eigenvalue weighted by Gasteiger charge is -2.37. The molecule has 2 heterocycles. The van der Waals surface area contributed by atoms with E-state index in [-0.39, 0.29) is 5.56 Å². The fourth-order valence-electron chi connectivity index (χ4n) is 3.73. The summed E-state index contributed by atoms with van der Waals surface area (Å²) in [4.78, 5) is 10.7. The number of halogens is 2. The van der Waals surface area contributed by atoms with Gasteiger partial charge in [-0.3, -0.25) is 9.89 Å². The summed E-state index contributed by atoms with van der Waals surface area (Å²) in [5.74, 6) is 0.467. The van der Waals surface area contributed by atoms with Gasteiger partial charge in [-0.15, -0.1) is 0 Å². The monoisotopic (exact) mass is 420 g/mol. The highest BCUT2D eigenvalue weighted by molar-refractivity contribution is 5.80. The van der Waals surface area contributed by atoms with Crippen molar-refractivity contribution in [3.8, 4) is 0 Å². The quantitative estimate of drug-likeness (QED) is 0.572. The van der Waals surface area contributed by atoms with E-state index in [1.165, 1.54) is 18.2 Å². The SMILES string of the molecule is CN=C(NCC(c1c(F)cccc1F)N(C)C)N1CCN(Cc2cc(C)on2)CC1. The highest BCUT2D eigenvalue weighted by Gasteiger charge is 2.25. The molecule has 0 amide bonds. The Morgan fingerprint density at radius 3 is 2.43 bits per heavy atom. The zero-order valence-electron chi connectivity index (χ0n) is 18.0. The van der Waals surface area contributed by atoms with Crippen molar-refractivity contribution in [3.63, 3.8) is 0 Å². The Morgan fingerprint density at radius 2 is 1.90 bits per heavy atom. The average molecular weight is 421 g/mol. The second-order valence-electron chi connectivity index (χ2n) is 7.73. The molecule has 2 aromatic rings. The van der Waals surface area contributed by atoms with Gasteiger partial charge in [0.1, 0.15) is 17.4 Å². The fraction of sp³-hybridized carbons (Fsp3) is 0.524. The van der Waals surface area contributed by atoms with Crippen molar-refractivity contribution in [1.29, 1.82) is 0 Å². The summed E-state index contributed by atoms with van der Waals surface area (Å²) in [5, 5.41) is 7.35. The summed E-state index contributed by atoms with van der Waals surface area (Å²) in [6.07, 6.45) is 0. The number of benzene rings is 1. The molecule has 1 saturated heterocycles. The number of hydrogen-bond acceptors (Lipinski definition) is 5. The lowest BCUT2D eigenvalue weighted by Crippen LogP contribution is -2.53. The third kappa shape index (κ3) is 5.34. The molecule has 7 nitrogen and oxygen atoms in total. The van der Waals surface area contributed by atoms with Gasteiger partial charge in [0.05, 0.1) is 11.7 Å². The first-order valence-corrected chi connectivity index (χ1v) is 10.1. The second kappa shape index (κ2) is 9.99. The molecule has 1 aromatic heterocycles. The molecule has 9 heteroatoms. The molecule has 0 saturated carbocycles. The highest BCUT2D eigenvalue weighted by atomic mass is 19.1. The van der Waals surface area contributed by atoms with Gasteiger partial charge in [-0.05, 0) is 33.2 Å². The molecule has 1 aromatic carbocycles. The van der Waals surface area contributed by atoms with Crippen molar-refractivity contribution in [2.45, 2.75) is 19.5 Å². The van der Waals surface area contributed by atoms with Crippen molar-refractivity contribution < 1.29 is 13.3 Å². The molecule has 30 heavy (non-hydrogen) atoms. The maximum Gasteiger partial charge on any atom is 0.193 e. The number of piperazine rings is 1. The highest BCUT2D eigenvalue weighted by Crippen LogP contribution is 2.24. The smallest absolute Gasteiger partial charge is 0.193 e. The molecule has 1 aliphatic rings. The van der Waals surface area contributed by atoms with Crippen LogP contribution in [0.25, 0.3) is 0 Å². The third-order valence-corrected chi connectivity index (χ3v) is 5.36. The summed E-state index contributed by atoms with van der Waals surface area (Å²) in [7, 11) is 5.35. The van der Waals surface area contributed by atoms with Crippen LogP contribution in [0.2, 0.25) is 0 Å². The van der Waals surface area contributed by atoms with Gasteiger partial charge in [0.15, 0.2) is 5.96 Å². The van der Waals surface area contributed by atoms with E-state index in [1.54, 1.807) is 11.9 Å². The summed E-state index contributed by atoms with van der Waals surface area (Å²) < 4.78 is 33.7. The van der Waals surface area contributed by atoms with Crippen LogP contribution < -0.4 is 5.32 Å². The maximum atomic E-state index is 14.3. The molecule has 0 spiro atoms. The van der Waals surface area contributed by atoms with Crippen LogP contribution >= 0.6 is 0 Å². The van der Waals surface area contributed by atoms with Gasteiger partial charge in [0, 0.05) is 57.9 Å². The number of guanidine groups is 1. The standard InChI is InChI=1S/C21H30F2N6O/c1-15-12-16(26-30-15)14-28-8-10-29(11-9-28)21(24-2)25-13-19(27(3)4)20-17(22)6-5-7-18(20)23/h5-7,12,19H,8-11,13-14H2,1-4H3,(H,24,25). The first kappa shape index (κ1) is 22.2. The van der Waals surface area contributed by atoms with E-state index >= 15 is 0 Å². The predicted molar refractivity (Wildman–Crippen MR) is 112 cm³/mol.